The number of Topliss-reactive ketones (excluding diaryl/α,β-unsaturated/α-hetero) is 1. The van der Waals surface area contributed by atoms with Gasteiger partial charge in [-0.2, -0.15) is 0 Å². The molecular formula is C30H29N5O3. The molecule has 192 valence electrons. The maximum atomic E-state index is 13.5. The number of carbonyl (C=O) groups excluding carboxylic acids is 1. The summed E-state index contributed by atoms with van der Waals surface area (Å²) in [5.74, 6) is 1.39. The summed E-state index contributed by atoms with van der Waals surface area (Å²) in [5.41, 5.74) is 5.79. The van der Waals surface area contributed by atoms with Crippen molar-refractivity contribution >= 4 is 17.1 Å². The smallest absolute Gasteiger partial charge is 0.228 e. The lowest BCUT2D eigenvalue weighted by atomic mass is 9.70. The number of allylic oxidation sites excluding steroid dienone is 2. The highest BCUT2D eigenvalue weighted by molar-refractivity contribution is 6.00. The molecule has 1 aliphatic carbocycles. The van der Waals surface area contributed by atoms with E-state index in [1.54, 1.807) is 10.8 Å². The molecule has 0 N–H and O–H groups in total. The molecule has 1 atom stereocenters. The van der Waals surface area contributed by atoms with E-state index in [-0.39, 0.29) is 23.7 Å². The lowest BCUT2D eigenvalue weighted by Crippen LogP contribution is -2.33. The zero-order chi connectivity index (χ0) is 26.4. The minimum atomic E-state index is -0.338. The third kappa shape index (κ3) is 4.36. The molecule has 2 aromatic carbocycles. The van der Waals surface area contributed by atoms with Crippen molar-refractivity contribution in [3.05, 3.63) is 100 Å². The fourth-order valence-corrected chi connectivity index (χ4v) is 5.26. The van der Waals surface area contributed by atoms with Gasteiger partial charge < -0.3 is 9.57 Å². The van der Waals surface area contributed by atoms with Gasteiger partial charge in [-0.1, -0.05) is 79.2 Å². The van der Waals surface area contributed by atoms with Gasteiger partial charge in [-0.15, -0.1) is 5.10 Å². The number of fused-ring (bicyclic) bond motifs is 3. The minimum absolute atomic E-state index is 0.0948. The lowest BCUT2D eigenvalue weighted by Gasteiger charge is -2.37. The monoisotopic (exact) mass is 507 g/mol. The number of aryl methyl sites for hydroxylation is 1. The van der Waals surface area contributed by atoms with Crippen molar-refractivity contribution in [1.29, 1.82) is 0 Å². The number of ketones is 1. The predicted octanol–water partition coefficient (Wildman–Crippen LogP) is 5.54. The molecule has 4 aromatic rings. The molecule has 3 heterocycles. The molecular weight excluding hydrogens is 478 g/mol. The number of rotatable bonds is 5. The van der Waals surface area contributed by atoms with E-state index in [1.165, 1.54) is 5.56 Å². The van der Waals surface area contributed by atoms with E-state index in [0.29, 0.717) is 41.5 Å². The van der Waals surface area contributed by atoms with E-state index in [1.807, 2.05) is 68.4 Å². The molecule has 2 aromatic heterocycles. The number of carbonyl (C=O) groups is 1. The quantitative estimate of drug-likeness (QED) is 0.260. The predicted molar refractivity (Wildman–Crippen MR) is 143 cm³/mol. The van der Waals surface area contributed by atoms with Gasteiger partial charge in [0, 0.05) is 24.3 Å². The second-order valence-corrected chi connectivity index (χ2v) is 10.8. The van der Waals surface area contributed by atoms with Crippen LogP contribution < -0.4 is 4.74 Å². The fourth-order valence-electron chi connectivity index (χ4n) is 5.26. The van der Waals surface area contributed by atoms with Crippen LogP contribution in [0, 0.1) is 12.3 Å². The zero-order valence-electron chi connectivity index (χ0n) is 21.9. The number of ether oxygens (including phenoxy) is 1. The molecule has 1 unspecified atom stereocenters. The first-order valence-corrected chi connectivity index (χ1v) is 12.8. The zero-order valence-corrected chi connectivity index (χ0v) is 21.9. The van der Waals surface area contributed by atoms with Gasteiger partial charge in [0.25, 0.3) is 0 Å². The van der Waals surface area contributed by atoms with Crippen molar-refractivity contribution < 1.29 is 14.4 Å². The number of oxime groups is 1. The summed E-state index contributed by atoms with van der Waals surface area (Å²) >= 11 is 0. The van der Waals surface area contributed by atoms with Gasteiger partial charge in [0.05, 0.1) is 11.3 Å². The molecule has 8 heteroatoms. The van der Waals surface area contributed by atoms with Gasteiger partial charge in [-0.25, -0.2) is 14.5 Å². The fraction of sp³-hybridized carbons (Fsp3) is 0.300. The van der Waals surface area contributed by atoms with E-state index < -0.39 is 0 Å². The van der Waals surface area contributed by atoms with Crippen LogP contribution in [0.25, 0.3) is 5.65 Å². The number of benzene rings is 2. The van der Waals surface area contributed by atoms with Crippen LogP contribution in [0.5, 0.6) is 5.88 Å². The van der Waals surface area contributed by atoms with Crippen LogP contribution in [-0.4, -0.2) is 31.1 Å². The van der Waals surface area contributed by atoms with Crippen LogP contribution in [0.15, 0.2) is 77.4 Å². The van der Waals surface area contributed by atoms with Crippen LogP contribution >= 0.6 is 0 Å². The number of nitrogens with zero attached hydrogens (tertiary/aromatic N) is 5. The molecule has 2 aliphatic rings. The van der Waals surface area contributed by atoms with Gasteiger partial charge in [0.15, 0.2) is 23.9 Å². The van der Waals surface area contributed by atoms with E-state index >= 15 is 0 Å². The van der Waals surface area contributed by atoms with Gasteiger partial charge in [-0.05, 0) is 30.4 Å². The van der Waals surface area contributed by atoms with E-state index in [0.717, 1.165) is 22.4 Å². The van der Waals surface area contributed by atoms with E-state index in [2.05, 4.69) is 29.1 Å². The highest BCUT2D eigenvalue weighted by Crippen LogP contribution is 2.50. The molecule has 6 rings (SSSR count). The maximum Gasteiger partial charge on any atom is 0.228 e. The molecule has 0 spiro atoms. The molecule has 0 fully saturated rings. The Bertz CT molecular complexity index is 1600. The highest BCUT2D eigenvalue weighted by Gasteiger charge is 2.43. The van der Waals surface area contributed by atoms with Gasteiger partial charge >= 0.3 is 0 Å². The van der Waals surface area contributed by atoms with E-state index in [4.69, 9.17) is 14.6 Å². The SMILES string of the molecule is C/C(=N/OCc1nc2c3c(ncn2n1)OC1=C(C(=O)CC(C)(C)C1)C3c1ccccc1)c1ccc(C)cc1. The molecule has 0 amide bonds. The summed E-state index contributed by atoms with van der Waals surface area (Å²) in [4.78, 5) is 28.5. The summed E-state index contributed by atoms with van der Waals surface area (Å²) in [6.07, 6.45) is 2.73. The number of hydrogen-bond donors (Lipinski definition) is 0. The van der Waals surface area contributed by atoms with Gasteiger partial charge in [0.1, 0.15) is 12.1 Å². The second-order valence-electron chi connectivity index (χ2n) is 10.8. The average Bonchev–Trinajstić information content (AvgIpc) is 3.31. The van der Waals surface area contributed by atoms with Crippen LogP contribution in [-0.2, 0) is 16.2 Å². The Balaban J connectivity index is 1.37. The topological polar surface area (TPSA) is 91.0 Å². The first-order chi connectivity index (χ1) is 18.3. The molecule has 1 aliphatic heterocycles. The lowest BCUT2D eigenvalue weighted by molar-refractivity contribution is -0.118. The van der Waals surface area contributed by atoms with Crippen LogP contribution in [0.1, 0.15) is 67.6 Å². The molecule has 8 nitrogen and oxygen atoms in total. The van der Waals surface area contributed by atoms with Crippen molar-refractivity contribution in [2.24, 2.45) is 10.6 Å². The number of hydrogen-bond acceptors (Lipinski definition) is 7. The summed E-state index contributed by atoms with van der Waals surface area (Å²) in [7, 11) is 0. The highest BCUT2D eigenvalue weighted by atomic mass is 16.6. The molecule has 38 heavy (non-hydrogen) atoms. The van der Waals surface area contributed by atoms with Crippen molar-refractivity contribution in [1.82, 2.24) is 19.6 Å². The first kappa shape index (κ1) is 24.0. The average molecular weight is 508 g/mol. The second kappa shape index (κ2) is 9.20. The molecule has 0 radical (unpaired) electrons. The Morgan fingerprint density at radius 1 is 1.13 bits per heavy atom. The van der Waals surface area contributed by atoms with Crippen LogP contribution in [0.4, 0.5) is 0 Å². The van der Waals surface area contributed by atoms with Crippen LogP contribution in [0.3, 0.4) is 0 Å². The molecule has 0 bridgehead atoms. The summed E-state index contributed by atoms with van der Waals surface area (Å²) in [6.45, 7) is 8.23. The normalized spacial score (nSPS) is 18.7. The van der Waals surface area contributed by atoms with Crippen molar-refractivity contribution in [2.75, 3.05) is 0 Å². The van der Waals surface area contributed by atoms with Gasteiger partial charge in [0.2, 0.25) is 5.88 Å². The Labute approximate surface area is 221 Å². The summed E-state index contributed by atoms with van der Waals surface area (Å²) < 4.78 is 7.92. The Kier molecular flexibility index (Phi) is 5.82. The first-order valence-electron chi connectivity index (χ1n) is 12.8. The van der Waals surface area contributed by atoms with Crippen molar-refractivity contribution in [2.45, 2.75) is 53.1 Å². The van der Waals surface area contributed by atoms with Gasteiger partial charge in [-0.3, -0.25) is 4.79 Å². The largest absolute Gasteiger partial charge is 0.442 e. The third-order valence-corrected chi connectivity index (χ3v) is 7.10. The molecule has 0 saturated carbocycles. The standard InChI is InChI=1S/C30H29N5O3/c1-18-10-12-20(13-11-18)19(2)34-37-16-24-32-28-27-25(21-8-6-5-7-9-21)26-22(36)14-30(3,4)15-23(26)38-29(27)31-17-35(28)33-24/h5-13,17,25H,14-16H2,1-4H3/b34-19-. The maximum absolute atomic E-state index is 13.5. The summed E-state index contributed by atoms with van der Waals surface area (Å²) in [6, 6.07) is 18.1. The minimum Gasteiger partial charge on any atom is -0.442 e. The van der Waals surface area contributed by atoms with Crippen molar-refractivity contribution in [3.8, 4) is 5.88 Å². The number of aromatic nitrogens is 4. The Morgan fingerprint density at radius 3 is 2.66 bits per heavy atom. The third-order valence-electron chi connectivity index (χ3n) is 7.10. The Morgan fingerprint density at radius 2 is 1.89 bits per heavy atom. The van der Waals surface area contributed by atoms with Crippen molar-refractivity contribution in [3.63, 3.8) is 0 Å². The summed E-state index contributed by atoms with van der Waals surface area (Å²) in [5, 5.41) is 8.82. The van der Waals surface area contributed by atoms with Crippen LogP contribution in [0.2, 0.25) is 0 Å². The van der Waals surface area contributed by atoms with E-state index in [9.17, 15) is 4.79 Å². The molecule has 0 saturated heterocycles. The Hall–Kier alpha value is -4.33.